The van der Waals surface area contributed by atoms with Gasteiger partial charge in [-0.25, -0.2) is 4.79 Å². The van der Waals surface area contributed by atoms with Crippen LogP contribution in [-0.2, 0) is 35.1 Å². The minimum absolute atomic E-state index is 0.0519. The fourth-order valence-corrected chi connectivity index (χ4v) is 2.82. The Morgan fingerprint density at radius 1 is 1.00 bits per heavy atom. The van der Waals surface area contributed by atoms with Gasteiger partial charge in [0.2, 0.25) is 5.78 Å². The molecule has 0 N–H and O–H groups in total. The van der Waals surface area contributed by atoms with Crippen LogP contribution in [0.3, 0.4) is 0 Å². The normalized spacial score (nSPS) is 19.8. The van der Waals surface area contributed by atoms with E-state index < -0.39 is 35.6 Å². The van der Waals surface area contributed by atoms with Crippen LogP contribution in [0.15, 0.2) is 30.3 Å². The molecule has 1 aliphatic heterocycles. The number of likely N-dealkylation sites (tertiary alicyclic amines) is 1. The molecule has 7 nitrogen and oxygen atoms in total. The molecule has 0 spiro atoms. The van der Waals surface area contributed by atoms with Crippen LogP contribution >= 0.6 is 0 Å². The Bertz CT molecular complexity index is 657. The van der Waals surface area contributed by atoms with Gasteiger partial charge in [0.1, 0.15) is 0 Å². The predicted octanol–water partition coefficient (Wildman–Crippen LogP) is 0.751. The van der Waals surface area contributed by atoms with Gasteiger partial charge in [0, 0.05) is 6.54 Å². The lowest BCUT2D eigenvalue weighted by Gasteiger charge is -2.24. The summed E-state index contributed by atoms with van der Waals surface area (Å²) in [7, 11) is 0. The quantitative estimate of drug-likeness (QED) is 0.411. The van der Waals surface area contributed by atoms with Crippen molar-refractivity contribution >= 4 is 23.6 Å². The van der Waals surface area contributed by atoms with E-state index >= 15 is 0 Å². The van der Waals surface area contributed by atoms with Crippen LogP contribution in [0, 0.1) is 5.92 Å². The number of amides is 1. The minimum atomic E-state index is -1.47. The Kier molecular flexibility index (Phi) is 6.27. The van der Waals surface area contributed by atoms with E-state index in [0.717, 1.165) is 10.5 Å². The van der Waals surface area contributed by atoms with Crippen molar-refractivity contribution in [2.75, 3.05) is 19.8 Å². The minimum Gasteiger partial charge on any atom is -0.465 e. The van der Waals surface area contributed by atoms with E-state index in [1.54, 1.807) is 13.8 Å². The van der Waals surface area contributed by atoms with Crippen LogP contribution in [-0.4, -0.2) is 54.3 Å². The van der Waals surface area contributed by atoms with Gasteiger partial charge in [-0.05, 0) is 25.8 Å². The summed E-state index contributed by atoms with van der Waals surface area (Å²) in [6.45, 7) is 3.47. The first kappa shape index (κ1) is 18.6. The zero-order valence-corrected chi connectivity index (χ0v) is 14.3. The maximum Gasteiger partial charge on any atom is 0.330 e. The summed E-state index contributed by atoms with van der Waals surface area (Å²) >= 11 is 0. The maximum absolute atomic E-state index is 12.3. The van der Waals surface area contributed by atoms with Gasteiger partial charge in [-0.15, -0.1) is 0 Å². The number of nitrogens with zero attached hydrogens (tertiary/aromatic N) is 1. The average Bonchev–Trinajstić information content (AvgIpc) is 2.86. The summed E-state index contributed by atoms with van der Waals surface area (Å²) in [6, 6.07) is 8.07. The van der Waals surface area contributed by atoms with Gasteiger partial charge in [-0.1, -0.05) is 30.3 Å². The number of carbonyl (C=O) groups excluding carboxylic acids is 4. The molecule has 1 amide bonds. The molecule has 1 heterocycles. The first-order valence-corrected chi connectivity index (χ1v) is 8.23. The summed E-state index contributed by atoms with van der Waals surface area (Å²) in [4.78, 5) is 50.1. The van der Waals surface area contributed by atoms with Crippen LogP contribution in [0.1, 0.15) is 19.4 Å². The molecule has 134 valence electrons. The molecular formula is C18H21NO6. The number of hydrogen-bond donors (Lipinski definition) is 0. The summed E-state index contributed by atoms with van der Waals surface area (Å²) in [5, 5.41) is 0. The number of rotatable bonds is 7. The Labute approximate surface area is 145 Å². The summed E-state index contributed by atoms with van der Waals surface area (Å²) in [5.41, 5.74) is 0.949. The number of Topliss-reactive ketones (excluding diaryl/α,β-unsaturated/α-hetero) is 1. The maximum atomic E-state index is 12.3. The van der Waals surface area contributed by atoms with Crippen molar-refractivity contribution in [3.05, 3.63) is 35.9 Å². The fraction of sp³-hybridized carbons (Fsp3) is 0.444. The van der Waals surface area contributed by atoms with E-state index in [4.69, 9.17) is 9.47 Å². The third kappa shape index (κ3) is 4.04. The second-order valence-corrected chi connectivity index (χ2v) is 5.53. The van der Waals surface area contributed by atoms with Crippen LogP contribution in [0.25, 0.3) is 0 Å². The van der Waals surface area contributed by atoms with Crippen molar-refractivity contribution in [3.63, 3.8) is 0 Å². The molecule has 0 aliphatic carbocycles. The monoisotopic (exact) mass is 347 g/mol. The van der Waals surface area contributed by atoms with Crippen LogP contribution in [0.4, 0.5) is 0 Å². The third-order valence-electron chi connectivity index (χ3n) is 3.96. The van der Waals surface area contributed by atoms with E-state index in [2.05, 4.69) is 0 Å². The molecule has 0 aromatic heterocycles. The van der Waals surface area contributed by atoms with Crippen molar-refractivity contribution in [1.82, 2.24) is 4.90 Å². The van der Waals surface area contributed by atoms with E-state index in [-0.39, 0.29) is 19.8 Å². The van der Waals surface area contributed by atoms with Crippen molar-refractivity contribution < 1.29 is 28.7 Å². The lowest BCUT2D eigenvalue weighted by atomic mass is 9.99. The van der Waals surface area contributed by atoms with Crippen molar-refractivity contribution in [1.29, 1.82) is 0 Å². The lowest BCUT2D eigenvalue weighted by molar-refractivity contribution is -0.160. The highest BCUT2D eigenvalue weighted by molar-refractivity contribution is 6.43. The second-order valence-electron chi connectivity index (χ2n) is 5.53. The zero-order chi connectivity index (χ0) is 18.4. The van der Waals surface area contributed by atoms with Gasteiger partial charge in [0.05, 0.1) is 13.2 Å². The zero-order valence-electron chi connectivity index (χ0n) is 14.3. The number of ether oxygens (including phenoxy) is 2. The van der Waals surface area contributed by atoms with Gasteiger partial charge in [-0.3, -0.25) is 14.4 Å². The van der Waals surface area contributed by atoms with Crippen molar-refractivity contribution in [3.8, 4) is 0 Å². The molecule has 7 heteroatoms. The number of esters is 2. The van der Waals surface area contributed by atoms with Crippen molar-refractivity contribution in [2.45, 2.75) is 26.3 Å². The van der Waals surface area contributed by atoms with E-state index in [9.17, 15) is 19.2 Å². The molecule has 0 bridgehead atoms. The highest BCUT2D eigenvalue weighted by Crippen LogP contribution is 2.26. The largest absolute Gasteiger partial charge is 0.465 e. The van der Waals surface area contributed by atoms with Crippen LogP contribution in [0.2, 0.25) is 0 Å². The Morgan fingerprint density at radius 2 is 1.60 bits per heavy atom. The molecule has 2 rings (SSSR count). The lowest BCUT2D eigenvalue weighted by Crippen LogP contribution is -2.45. The molecule has 1 fully saturated rings. The number of carbonyl (C=O) groups is 4. The van der Waals surface area contributed by atoms with Gasteiger partial charge in [0.25, 0.3) is 5.91 Å². The van der Waals surface area contributed by atoms with Crippen molar-refractivity contribution in [2.24, 2.45) is 5.92 Å². The number of hydrogen-bond acceptors (Lipinski definition) is 6. The summed E-state index contributed by atoms with van der Waals surface area (Å²) < 4.78 is 9.84. The molecule has 1 aromatic carbocycles. The first-order chi connectivity index (χ1) is 12.0. The van der Waals surface area contributed by atoms with Gasteiger partial charge in [0.15, 0.2) is 12.0 Å². The highest BCUT2D eigenvalue weighted by Gasteiger charge is 2.55. The second kappa shape index (κ2) is 8.41. The molecule has 0 unspecified atom stereocenters. The molecule has 2 atom stereocenters. The molecule has 25 heavy (non-hydrogen) atoms. The SMILES string of the molecule is CCOC(=O)[C@H]1C(=O)C(=O)N(CCc2ccccc2)[C@@H]1C(=O)OCC. The Balaban J connectivity index is 2.24. The molecule has 1 aliphatic rings. The smallest absolute Gasteiger partial charge is 0.330 e. The van der Waals surface area contributed by atoms with Crippen LogP contribution < -0.4 is 0 Å². The molecule has 0 saturated carbocycles. The Morgan fingerprint density at radius 3 is 2.20 bits per heavy atom. The average molecular weight is 347 g/mol. The van der Waals surface area contributed by atoms with E-state index in [1.165, 1.54) is 0 Å². The van der Waals surface area contributed by atoms with E-state index in [0.29, 0.717) is 6.42 Å². The summed E-state index contributed by atoms with van der Waals surface area (Å²) in [5.74, 6) is -4.90. The van der Waals surface area contributed by atoms with Gasteiger partial charge < -0.3 is 14.4 Å². The number of benzene rings is 1. The molecule has 1 aromatic rings. The predicted molar refractivity (Wildman–Crippen MR) is 87.4 cm³/mol. The Hall–Kier alpha value is -2.70. The summed E-state index contributed by atoms with van der Waals surface area (Å²) in [6.07, 6.45) is 0.450. The molecule has 1 saturated heterocycles. The number of ketones is 1. The van der Waals surface area contributed by atoms with Gasteiger partial charge in [-0.2, -0.15) is 0 Å². The molecule has 0 radical (unpaired) electrons. The molecular weight excluding hydrogens is 326 g/mol. The third-order valence-corrected chi connectivity index (χ3v) is 3.96. The van der Waals surface area contributed by atoms with Gasteiger partial charge >= 0.3 is 11.9 Å². The van der Waals surface area contributed by atoms with Crippen LogP contribution in [0.5, 0.6) is 0 Å². The standard InChI is InChI=1S/C18H21NO6/c1-3-24-17(22)13-14(18(23)25-4-2)19(16(21)15(13)20)11-10-12-8-6-5-7-9-12/h5-9,13-14H,3-4,10-11H2,1-2H3/t13-,14+/m1/s1. The highest BCUT2D eigenvalue weighted by atomic mass is 16.5. The topological polar surface area (TPSA) is 90.0 Å². The van der Waals surface area contributed by atoms with E-state index in [1.807, 2.05) is 30.3 Å². The fourth-order valence-electron chi connectivity index (χ4n) is 2.82. The first-order valence-electron chi connectivity index (χ1n) is 8.23.